The van der Waals surface area contributed by atoms with Crippen LogP contribution in [0, 0.1) is 13.8 Å². The van der Waals surface area contributed by atoms with Gasteiger partial charge in [-0.2, -0.15) is 0 Å². The van der Waals surface area contributed by atoms with Gasteiger partial charge in [0.1, 0.15) is 5.00 Å². The Kier molecular flexibility index (Phi) is 5.93. The minimum absolute atomic E-state index is 0.259. The summed E-state index contributed by atoms with van der Waals surface area (Å²) >= 11 is 1.32. The first-order valence-corrected chi connectivity index (χ1v) is 8.47. The summed E-state index contributed by atoms with van der Waals surface area (Å²) in [7, 11) is 1.29. The summed E-state index contributed by atoms with van der Waals surface area (Å²) in [6, 6.07) is 6.08. The third kappa shape index (κ3) is 4.06. The van der Waals surface area contributed by atoms with Crippen molar-refractivity contribution in [2.45, 2.75) is 20.8 Å². The fourth-order valence-electron chi connectivity index (χ4n) is 2.21. The molecule has 0 unspecified atom stereocenters. The molecule has 1 heterocycles. The molecule has 0 aliphatic rings. The predicted molar refractivity (Wildman–Crippen MR) is 95.5 cm³/mol. The van der Waals surface area contributed by atoms with Crippen LogP contribution in [0.25, 0.3) is 0 Å². The third-order valence-corrected chi connectivity index (χ3v) is 4.78. The molecule has 1 aromatic heterocycles. The van der Waals surface area contributed by atoms with Crippen LogP contribution in [0.3, 0.4) is 0 Å². The van der Waals surface area contributed by atoms with Gasteiger partial charge in [-0.15, -0.1) is 11.3 Å². The molecule has 2 aromatic rings. The van der Waals surface area contributed by atoms with Crippen molar-refractivity contribution in [3.05, 3.63) is 51.4 Å². The van der Waals surface area contributed by atoms with Gasteiger partial charge in [0.2, 0.25) is 0 Å². The van der Waals surface area contributed by atoms with Crippen LogP contribution in [0.2, 0.25) is 0 Å². The molecule has 0 aliphatic carbocycles. The quantitative estimate of drug-likeness (QED) is 0.823. The van der Waals surface area contributed by atoms with E-state index in [0.29, 0.717) is 21.7 Å². The minimum atomic E-state index is -0.471. The minimum Gasteiger partial charge on any atom is -0.465 e. The molecule has 1 N–H and O–H groups in total. The number of carbonyl (C=O) groups excluding carboxylic acids is 3. The summed E-state index contributed by atoms with van der Waals surface area (Å²) in [6.45, 7) is 5.69. The lowest BCUT2D eigenvalue weighted by Crippen LogP contribution is -2.15. The first kappa shape index (κ1) is 18.7. The number of methoxy groups -OCH3 is 1. The molecule has 0 saturated heterocycles. The summed E-state index contributed by atoms with van der Waals surface area (Å²) in [5.74, 6) is -1.30. The van der Waals surface area contributed by atoms with Crippen molar-refractivity contribution in [1.29, 1.82) is 0 Å². The lowest BCUT2D eigenvalue weighted by molar-refractivity contribution is 0.0526. The molecule has 0 saturated carbocycles. The predicted octanol–water partition coefficient (Wildman–Crippen LogP) is 3.58. The molecule has 0 aliphatic heterocycles. The highest BCUT2D eigenvalue weighted by Gasteiger charge is 2.22. The van der Waals surface area contributed by atoms with Crippen molar-refractivity contribution < 1.29 is 23.9 Å². The zero-order valence-electron chi connectivity index (χ0n) is 14.5. The van der Waals surface area contributed by atoms with E-state index in [9.17, 15) is 14.4 Å². The van der Waals surface area contributed by atoms with E-state index in [1.807, 2.05) is 13.8 Å². The summed E-state index contributed by atoms with van der Waals surface area (Å²) in [5.41, 5.74) is 1.89. The molecule has 6 nitrogen and oxygen atoms in total. The van der Waals surface area contributed by atoms with Crippen LogP contribution < -0.4 is 5.32 Å². The van der Waals surface area contributed by atoms with Gasteiger partial charge in [0.05, 0.1) is 24.8 Å². The van der Waals surface area contributed by atoms with E-state index in [2.05, 4.69) is 10.1 Å². The number of esters is 2. The van der Waals surface area contributed by atoms with Crippen LogP contribution in [0.4, 0.5) is 5.00 Å². The van der Waals surface area contributed by atoms with Crippen LogP contribution in [0.15, 0.2) is 24.3 Å². The van der Waals surface area contributed by atoms with Gasteiger partial charge < -0.3 is 14.8 Å². The highest BCUT2D eigenvalue weighted by molar-refractivity contribution is 7.16. The molecule has 0 fully saturated rings. The van der Waals surface area contributed by atoms with Crippen LogP contribution in [-0.2, 0) is 9.47 Å². The Bertz CT molecular complexity index is 808. The third-order valence-electron chi connectivity index (χ3n) is 3.66. The molecule has 0 bridgehead atoms. The Morgan fingerprint density at radius 1 is 1.04 bits per heavy atom. The van der Waals surface area contributed by atoms with E-state index in [-0.39, 0.29) is 12.5 Å². The molecule has 7 heteroatoms. The number of carbonyl (C=O) groups is 3. The number of rotatable bonds is 5. The lowest BCUT2D eigenvalue weighted by Gasteiger charge is -2.07. The number of anilines is 1. The van der Waals surface area contributed by atoms with Crippen molar-refractivity contribution in [2.24, 2.45) is 0 Å². The zero-order valence-corrected chi connectivity index (χ0v) is 15.3. The number of thiophene rings is 1. The second-order valence-electron chi connectivity index (χ2n) is 5.23. The summed E-state index contributed by atoms with van der Waals surface area (Å²) in [4.78, 5) is 37.0. The molecule has 1 aromatic carbocycles. The molecule has 2 rings (SSSR count). The molecule has 0 radical (unpaired) electrons. The first-order chi connectivity index (χ1) is 11.9. The number of ether oxygens (including phenoxy) is 2. The first-order valence-electron chi connectivity index (χ1n) is 7.65. The number of hydrogen-bond acceptors (Lipinski definition) is 6. The van der Waals surface area contributed by atoms with E-state index < -0.39 is 11.9 Å². The Balaban J connectivity index is 2.24. The van der Waals surface area contributed by atoms with E-state index in [1.54, 1.807) is 6.92 Å². The Hall–Kier alpha value is -2.67. The van der Waals surface area contributed by atoms with Gasteiger partial charge in [-0.05, 0) is 50.6 Å². The van der Waals surface area contributed by atoms with Gasteiger partial charge in [-0.25, -0.2) is 9.59 Å². The standard InChI is InChI=1S/C18H19NO5S/c1-5-24-18(22)14-10(2)11(3)25-16(14)19-15(20)12-6-8-13(9-7-12)17(21)23-4/h6-9H,5H2,1-4H3,(H,19,20). The fraction of sp³-hybridized carbons (Fsp3) is 0.278. The van der Waals surface area contributed by atoms with E-state index in [4.69, 9.17) is 4.74 Å². The highest BCUT2D eigenvalue weighted by Crippen LogP contribution is 2.33. The van der Waals surface area contributed by atoms with Crippen molar-refractivity contribution in [3.63, 3.8) is 0 Å². The van der Waals surface area contributed by atoms with Gasteiger partial charge in [-0.3, -0.25) is 4.79 Å². The highest BCUT2D eigenvalue weighted by atomic mass is 32.1. The maximum atomic E-state index is 12.4. The molecule has 0 atom stereocenters. The number of amides is 1. The second-order valence-corrected chi connectivity index (χ2v) is 6.46. The van der Waals surface area contributed by atoms with Crippen LogP contribution in [0.1, 0.15) is 48.4 Å². The van der Waals surface area contributed by atoms with Crippen molar-refractivity contribution in [3.8, 4) is 0 Å². The van der Waals surface area contributed by atoms with Gasteiger partial charge in [0.25, 0.3) is 5.91 Å². The van der Waals surface area contributed by atoms with E-state index >= 15 is 0 Å². The van der Waals surface area contributed by atoms with Crippen LogP contribution in [0.5, 0.6) is 0 Å². The van der Waals surface area contributed by atoms with Crippen LogP contribution in [-0.4, -0.2) is 31.6 Å². The average molecular weight is 361 g/mol. The summed E-state index contributed by atoms with van der Waals surface area (Å²) < 4.78 is 9.69. The lowest BCUT2D eigenvalue weighted by atomic mass is 10.1. The monoisotopic (exact) mass is 361 g/mol. The SMILES string of the molecule is CCOC(=O)c1c(NC(=O)c2ccc(C(=O)OC)cc2)sc(C)c1C. The van der Waals surface area contributed by atoms with Gasteiger partial charge in [-0.1, -0.05) is 0 Å². The number of hydrogen-bond donors (Lipinski definition) is 1. The Labute approximate surface area is 149 Å². The fourth-order valence-corrected chi connectivity index (χ4v) is 3.26. The van der Waals surface area contributed by atoms with E-state index in [0.717, 1.165) is 10.4 Å². The largest absolute Gasteiger partial charge is 0.465 e. The molecule has 25 heavy (non-hydrogen) atoms. The van der Waals surface area contributed by atoms with Gasteiger partial charge in [0.15, 0.2) is 0 Å². The maximum Gasteiger partial charge on any atom is 0.341 e. The molecule has 0 spiro atoms. The van der Waals surface area contributed by atoms with Crippen molar-refractivity contribution in [1.82, 2.24) is 0 Å². The molecular weight excluding hydrogens is 342 g/mol. The zero-order chi connectivity index (χ0) is 18.6. The van der Waals surface area contributed by atoms with Gasteiger partial charge in [0, 0.05) is 10.4 Å². The van der Waals surface area contributed by atoms with E-state index in [1.165, 1.54) is 42.7 Å². The van der Waals surface area contributed by atoms with Crippen molar-refractivity contribution >= 4 is 34.2 Å². The van der Waals surface area contributed by atoms with Crippen molar-refractivity contribution in [2.75, 3.05) is 19.0 Å². The Morgan fingerprint density at radius 2 is 1.64 bits per heavy atom. The molecule has 132 valence electrons. The number of nitrogens with one attached hydrogen (secondary N) is 1. The second kappa shape index (κ2) is 7.94. The number of aryl methyl sites for hydroxylation is 1. The number of benzene rings is 1. The normalized spacial score (nSPS) is 10.2. The van der Waals surface area contributed by atoms with Gasteiger partial charge >= 0.3 is 11.9 Å². The average Bonchev–Trinajstić information content (AvgIpc) is 2.88. The smallest absolute Gasteiger partial charge is 0.341 e. The molecular formula is C18H19NO5S. The topological polar surface area (TPSA) is 81.7 Å². The maximum absolute atomic E-state index is 12.4. The summed E-state index contributed by atoms with van der Waals surface area (Å²) in [6.07, 6.45) is 0. The molecule has 1 amide bonds. The van der Waals surface area contributed by atoms with Crippen LogP contribution >= 0.6 is 11.3 Å². The summed E-state index contributed by atoms with van der Waals surface area (Å²) in [5, 5.41) is 3.21. The Morgan fingerprint density at radius 3 is 2.20 bits per heavy atom.